The van der Waals surface area contributed by atoms with Crippen LogP contribution in [0.3, 0.4) is 0 Å². The highest BCUT2D eigenvalue weighted by atomic mass is 79.9. The molecule has 0 N–H and O–H groups in total. The molecular weight excluding hydrogens is 328 g/mol. The van der Waals surface area contributed by atoms with Crippen LogP contribution in [0.5, 0.6) is 0 Å². The Morgan fingerprint density at radius 1 is 1.19 bits per heavy atom. The molecule has 1 aliphatic rings. The van der Waals surface area contributed by atoms with Gasteiger partial charge >= 0.3 is 0 Å². The van der Waals surface area contributed by atoms with Gasteiger partial charge in [0.15, 0.2) is 0 Å². The topological polar surface area (TPSA) is 0 Å². The van der Waals surface area contributed by atoms with Crippen molar-refractivity contribution in [1.82, 2.24) is 0 Å². The molecule has 0 spiro atoms. The molecule has 1 fully saturated rings. The van der Waals surface area contributed by atoms with Gasteiger partial charge in [0.1, 0.15) is 0 Å². The van der Waals surface area contributed by atoms with Crippen molar-refractivity contribution in [1.29, 1.82) is 0 Å². The van der Waals surface area contributed by atoms with Gasteiger partial charge in [-0.15, -0.1) is 0 Å². The highest BCUT2D eigenvalue weighted by Crippen LogP contribution is 2.56. The van der Waals surface area contributed by atoms with E-state index in [9.17, 15) is 0 Å². The Morgan fingerprint density at radius 2 is 1.75 bits per heavy atom. The number of allylic oxidation sites excluding steroid dienone is 1. The van der Waals surface area contributed by atoms with Gasteiger partial charge < -0.3 is 0 Å². The molecule has 1 rings (SSSR count). The van der Waals surface area contributed by atoms with Crippen molar-refractivity contribution in [3.63, 3.8) is 0 Å². The van der Waals surface area contributed by atoms with Crippen molar-refractivity contribution in [2.45, 2.75) is 47.5 Å². The van der Waals surface area contributed by atoms with E-state index in [0.717, 1.165) is 21.1 Å². The summed E-state index contributed by atoms with van der Waals surface area (Å²) in [7, 11) is 0. The third-order valence-corrected chi connectivity index (χ3v) is 5.29. The summed E-state index contributed by atoms with van der Waals surface area (Å²) < 4.78 is 1.11. The fourth-order valence-electron chi connectivity index (χ4n) is 3.58. The molecule has 0 nitrogen and oxygen atoms in total. The Bertz CT molecular complexity index is 264. The molecule has 0 aliphatic heterocycles. The van der Waals surface area contributed by atoms with Crippen LogP contribution in [0.25, 0.3) is 0 Å². The molecule has 94 valence electrons. The Balaban J connectivity index is 3.02. The van der Waals surface area contributed by atoms with Crippen LogP contribution in [0.1, 0.15) is 47.5 Å². The maximum atomic E-state index is 3.52. The van der Waals surface area contributed by atoms with Crippen molar-refractivity contribution in [2.24, 2.45) is 29.1 Å². The monoisotopic (exact) mass is 350 g/mol. The summed E-state index contributed by atoms with van der Waals surface area (Å²) in [4.78, 5) is 0. The van der Waals surface area contributed by atoms with E-state index in [1.165, 1.54) is 12.8 Å². The van der Waals surface area contributed by atoms with E-state index in [2.05, 4.69) is 72.6 Å². The highest BCUT2D eigenvalue weighted by Gasteiger charge is 2.48. The first-order valence-corrected chi connectivity index (χ1v) is 7.91. The van der Waals surface area contributed by atoms with E-state index in [-0.39, 0.29) is 0 Å². The van der Waals surface area contributed by atoms with Gasteiger partial charge in [0, 0.05) is 0 Å². The Kier molecular flexibility index (Phi) is 5.13. The zero-order valence-corrected chi connectivity index (χ0v) is 14.2. The maximum Gasteiger partial charge on any atom is 0.0567 e. The molecule has 16 heavy (non-hydrogen) atoms. The van der Waals surface area contributed by atoms with Crippen LogP contribution in [0.2, 0.25) is 0 Å². The fourth-order valence-corrected chi connectivity index (χ4v) is 4.22. The smallest absolute Gasteiger partial charge is 0.0567 e. The van der Waals surface area contributed by atoms with E-state index < -0.39 is 0 Å². The van der Waals surface area contributed by atoms with Crippen LogP contribution in [0.4, 0.5) is 0 Å². The normalized spacial score (nSPS) is 34.8. The van der Waals surface area contributed by atoms with Crippen LogP contribution in [-0.4, -0.2) is 0 Å². The quantitative estimate of drug-likeness (QED) is 0.588. The van der Waals surface area contributed by atoms with Gasteiger partial charge in [-0.3, -0.25) is 0 Å². The minimum atomic E-state index is 0.445. The van der Waals surface area contributed by atoms with Crippen molar-refractivity contribution in [3.8, 4) is 0 Å². The summed E-state index contributed by atoms with van der Waals surface area (Å²) in [5.41, 5.74) is 0.445. The SMILES string of the molecule is CC(C)C1CC[C@H](C=C(Br)Br)[C@@]1(C)C(C)C. The predicted octanol–water partition coefficient (Wildman–Crippen LogP) is 5.96. The zero-order chi connectivity index (χ0) is 12.5. The Morgan fingerprint density at radius 3 is 2.12 bits per heavy atom. The molecule has 0 aromatic heterocycles. The predicted molar refractivity (Wildman–Crippen MR) is 79.9 cm³/mol. The Hall–Kier alpha value is 0.700. The second kappa shape index (κ2) is 5.56. The molecule has 3 atom stereocenters. The van der Waals surface area contributed by atoms with Gasteiger partial charge in [0.25, 0.3) is 0 Å². The van der Waals surface area contributed by atoms with Gasteiger partial charge in [-0.1, -0.05) is 40.7 Å². The number of hydrogen-bond acceptors (Lipinski definition) is 0. The molecule has 1 saturated carbocycles. The lowest BCUT2D eigenvalue weighted by Crippen LogP contribution is -2.36. The molecule has 2 heteroatoms. The third-order valence-electron chi connectivity index (χ3n) is 4.76. The summed E-state index contributed by atoms with van der Waals surface area (Å²) in [5.74, 6) is 3.09. The van der Waals surface area contributed by atoms with Crippen LogP contribution >= 0.6 is 31.9 Å². The molecule has 0 saturated heterocycles. The van der Waals surface area contributed by atoms with Crippen molar-refractivity contribution >= 4 is 31.9 Å². The average Bonchev–Trinajstić information content (AvgIpc) is 2.44. The summed E-state index contributed by atoms with van der Waals surface area (Å²) in [6.07, 6.45) is 5.07. The van der Waals surface area contributed by atoms with Gasteiger partial charge in [-0.05, 0) is 73.8 Å². The lowest BCUT2D eigenvalue weighted by Gasteiger charge is -2.42. The summed E-state index contributed by atoms with van der Waals surface area (Å²) >= 11 is 7.04. The number of rotatable bonds is 3. The molecule has 0 aromatic rings. The summed E-state index contributed by atoms with van der Waals surface area (Å²) in [5, 5.41) is 0. The van der Waals surface area contributed by atoms with Crippen LogP contribution in [0.15, 0.2) is 9.47 Å². The van der Waals surface area contributed by atoms with Gasteiger partial charge in [0.2, 0.25) is 0 Å². The summed E-state index contributed by atoms with van der Waals surface area (Å²) in [6, 6.07) is 0. The first-order chi connectivity index (χ1) is 7.30. The molecule has 1 unspecified atom stereocenters. The second-order valence-corrected chi connectivity index (χ2v) is 8.78. The molecular formula is C14H24Br2. The molecule has 0 bridgehead atoms. The number of halogens is 2. The third kappa shape index (κ3) is 2.75. The fraction of sp³-hybridized carbons (Fsp3) is 0.857. The van der Waals surface area contributed by atoms with E-state index >= 15 is 0 Å². The zero-order valence-electron chi connectivity index (χ0n) is 11.1. The highest BCUT2D eigenvalue weighted by molar-refractivity contribution is 9.28. The van der Waals surface area contributed by atoms with Crippen LogP contribution in [0, 0.1) is 29.1 Å². The van der Waals surface area contributed by atoms with E-state index in [0.29, 0.717) is 11.3 Å². The van der Waals surface area contributed by atoms with Gasteiger partial charge in [-0.25, -0.2) is 0 Å². The lowest BCUT2D eigenvalue weighted by atomic mass is 9.63. The van der Waals surface area contributed by atoms with Gasteiger partial charge in [0.05, 0.1) is 3.39 Å². The van der Waals surface area contributed by atoms with Crippen molar-refractivity contribution in [2.75, 3.05) is 0 Å². The molecule has 0 amide bonds. The van der Waals surface area contributed by atoms with Crippen LogP contribution in [-0.2, 0) is 0 Å². The van der Waals surface area contributed by atoms with E-state index in [1.54, 1.807) is 0 Å². The largest absolute Gasteiger partial charge is 0.0625 e. The first-order valence-electron chi connectivity index (χ1n) is 6.33. The van der Waals surface area contributed by atoms with Crippen LogP contribution < -0.4 is 0 Å². The molecule has 0 radical (unpaired) electrons. The minimum absolute atomic E-state index is 0.445. The first kappa shape index (κ1) is 14.8. The Labute approximate surface area is 118 Å². The molecule has 0 heterocycles. The van der Waals surface area contributed by atoms with Crippen molar-refractivity contribution < 1.29 is 0 Å². The van der Waals surface area contributed by atoms with Crippen molar-refractivity contribution in [3.05, 3.63) is 9.47 Å². The standard InChI is InChI=1S/C14H24Br2/c1-9(2)12-7-6-11(8-13(15)16)14(12,5)10(3)4/h8-12H,6-7H2,1-5H3/t11-,12?,14-/m1/s1. The van der Waals surface area contributed by atoms with E-state index in [4.69, 9.17) is 0 Å². The van der Waals surface area contributed by atoms with Gasteiger partial charge in [-0.2, -0.15) is 0 Å². The second-order valence-electron chi connectivity index (χ2n) is 6.01. The maximum absolute atomic E-state index is 3.52. The van der Waals surface area contributed by atoms with E-state index in [1.807, 2.05) is 0 Å². The number of hydrogen-bond donors (Lipinski definition) is 0. The minimum Gasteiger partial charge on any atom is -0.0625 e. The average molecular weight is 352 g/mol. The lowest BCUT2D eigenvalue weighted by molar-refractivity contribution is 0.0812. The molecule has 0 aromatic carbocycles. The molecule has 1 aliphatic carbocycles. The summed E-state index contributed by atoms with van der Waals surface area (Å²) in [6.45, 7) is 12.0.